The number of carbonyl (C=O) groups excluding carboxylic acids is 1. The monoisotopic (exact) mass is 267 g/mol. The maximum Gasteiger partial charge on any atom is 0.161 e. The molecule has 0 fully saturated rings. The topological polar surface area (TPSA) is 29.5 Å². The number of para-hydroxylation sites is 1. The van der Waals surface area contributed by atoms with Gasteiger partial charge < -0.3 is 9.64 Å². The Morgan fingerprint density at radius 2 is 2.16 bits per heavy atom. The van der Waals surface area contributed by atoms with Crippen molar-refractivity contribution in [3.63, 3.8) is 0 Å². The number of carbonyl (C=O) groups is 1. The number of nitrogens with zero attached hydrogens (tertiary/aromatic N) is 1. The van der Waals surface area contributed by atoms with Crippen molar-refractivity contribution in [1.29, 1.82) is 0 Å². The number of hydrogen-bond acceptors (Lipinski definition) is 3. The molecule has 0 bridgehead atoms. The molecule has 0 N–H and O–H groups in total. The molecule has 0 amide bonds. The average Bonchev–Trinajstić information content (AvgIpc) is 2.39. The van der Waals surface area contributed by atoms with Crippen molar-refractivity contribution in [3.8, 4) is 0 Å². The summed E-state index contributed by atoms with van der Waals surface area (Å²) in [5.41, 5.74) is 0.817. The van der Waals surface area contributed by atoms with Gasteiger partial charge in [0.25, 0.3) is 0 Å². The van der Waals surface area contributed by atoms with Crippen LogP contribution in [0.2, 0.25) is 0 Å². The van der Waals surface area contributed by atoms with Crippen LogP contribution in [-0.4, -0.2) is 32.1 Å². The van der Waals surface area contributed by atoms with Gasteiger partial charge in [0.15, 0.2) is 5.78 Å². The quantitative estimate of drug-likeness (QED) is 0.710. The molecule has 0 saturated heterocycles. The summed E-state index contributed by atoms with van der Waals surface area (Å²) in [4.78, 5) is 13.6. The Labute approximate surface area is 114 Å². The predicted molar refractivity (Wildman–Crippen MR) is 75.4 cm³/mol. The molecule has 3 nitrogen and oxygen atoms in total. The largest absolute Gasteiger partial charge is 0.383 e. The lowest BCUT2D eigenvalue weighted by molar-refractivity contribution is 0.101. The molecule has 1 unspecified atom stereocenters. The van der Waals surface area contributed by atoms with Gasteiger partial charge in [-0.15, -0.1) is 0 Å². The molecule has 1 aromatic carbocycles. The SMILES string of the molecule is CCC(C)N(CCOC)c1c(F)cccc1C(C)=O. The van der Waals surface area contributed by atoms with Gasteiger partial charge in [-0.2, -0.15) is 0 Å². The van der Waals surface area contributed by atoms with E-state index in [1.54, 1.807) is 19.2 Å². The minimum atomic E-state index is -0.357. The highest BCUT2D eigenvalue weighted by molar-refractivity contribution is 5.99. The summed E-state index contributed by atoms with van der Waals surface area (Å²) in [6.07, 6.45) is 0.870. The van der Waals surface area contributed by atoms with Crippen LogP contribution in [0.5, 0.6) is 0 Å². The van der Waals surface area contributed by atoms with Crippen LogP contribution in [0.15, 0.2) is 18.2 Å². The third-order valence-electron chi connectivity index (χ3n) is 3.31. The van der Waals surface area contributed by atoms with Crippen molar-refractivity contribution in [2.45, 2.75) is 33.2 Å². The zero-order valence-electron chi connectivity index (χ0n) is 12.1. The van der Waals surface area contributed by atoms with E-state index in [0.717, 1.165) is 6.42 Å². The van der Waals surface area contributed by atoms with Crippen LogP contribution in [0, 0.1) is 5.82 Å². The number of benzene rings is 1. The van der Waals surface area contributed by atoms with Crippen molar-refractivity contribution >= 4 is 11.5 Å². The summed E-state index contributed by atoms with van der Waals surface area (Å²) in [7, 11) is 1.61. The first-order valence-electron chi connectivity index (χ1n) is 6.57. The predicted octanol–water partition coefficient (Wildman–Crippen LogP) is 3.28. The van der Waals surface area contributed by atoms with Crippen LogP contribution >= 0.6 is 0 Å². The summed E-state index contributed by atoms with van der Waals surface area (Å²) in [5.74, 6) is -0.482. The van der Waals surface area contributed by atoms with Crippen molar-refractivity contribution in [3.05, 3.63) is 29.6 Å². The minimum absolute atomic E-state index is 0.125. The van der Waals surface area contributed by atoms with Gasteiger partial charge in [-0.3, -0.25) is 4.79 Å². The van der Waals surface area contributed by atoms with Gasteiger partial charge in [0.05, 0.1) is 12.3 Å². The van der Waals surface area contributed by atoms with Crippen LogP contribution in [0.4, 0.5) is 10.1 Å². The molecule has 1 rings (SSSR count). The molecule has 0 aliphatic heterocycles. The summed E-state index contributed by atoms with van der Waals surface area (Å²) in [5, 5.41) is 0. The van der Waals surface area contributed by atoms with E-state index in [2.05, 4.69) is 0 Å². The molecule has 0 heterocycles. The molecule has 0 spiro atoms. The zero-order chi connectivity index (χ0) is 14.4. The van der Waals surface area contributed by atoms with Crippen LogP contribution in [0.3, 0.4) is 0 Å². The number of hydrogen-bond donors (Lipinski definition) is 0. The summed E-state index contributed by atoms with van der Waals surface area (Å²) >= 11 is 0. The zero-order valence-corrected chi connectivity index (χ0v) is 12.1. The Morgan fingerprint density at radius 1 is 1.47 bits per heavy atom. The summed E-state index contributed by atoms with van der Waals surface area (Å²) < 4.78 is 19.2. The first-order chi connectivity index (χ1) is 9.02. The Balaban J connectivity index is 3.23. The summed E-state index contributed by atoms with van der Waals surface area (Å²) in [6, 6.07) is 4.78. The second-order valence-electron chi connectivity index (χ2n) is 4.64. The molecule has 19 heavy (non-hydrogen) atoms. The first-order valence-corrected chi connectivity index (χ1v) is 6.57. The van der Waals surface area contributed by atoms with E-state index in [-0.39, 0.29) is 17.6 Å². The van der Waals surface area contributed by atoms with Gasteiger partial charge in [0.1, 0.15) is 5.82 Å². The van der Waals surface area contributed by atoms with Crippen LogP contribution in [0.25, 0.3) is 0 Å². The van der Waals surface area contributed by atoms with Crippen molar-refractivity contribution < 1.29 is 13.9 Å². The third kappa shape index (κ3) is 3.77. The fourth-order valence-corrected chi connectivity index (χ4v) is 2.05. The molecule has 0 aromatic heterocycles. The first kappa shape index (κ1) is 15.6. The molecule has 4 heteroatoms. The van der Waals surface area contributed by atoms with E-state index >= 15 is 0 Å². The fourth-order valence-electron chi connectivity index (χ4n) is 2.05. The second-order valence-corrected chi connectivity index (χ2v) is 4.64. The smallest absolute Gasteiger partial charge is 0.161 e. The Morgan fingerprint density at radius 3 is 2.68 bits per heavy atom. The van der Waals surface area contributed by atoms with Crippen LogP contribution in [-0.2, 0) is 4.74 Å². The highest BCUT2D eigenvalue weighted by Gasteiger charge is 2.21. The van der Waals surface area contributed by atoms with Gasteiger partial charge in [-0.25, -0.2) is 4.39 Å². The number of ketones is 1. The van der Waals surface area contributed by atoms with E-state index in [4.69, 9.17) is 4.74 Å². The maximum absolute atomic E-state index is 14.1. The average molecular weight is 267 g/mol. The van der Waals surface area contributed by atoms with E-state index < -0.39 is 0 Å². The van der Waals surface area contributed by atoms with E-state index in [1.807, 2.05) is 18.7 Å². The molecule has 0 aliphatic rings. The molecule has 0 aliphatic carbocycles. The maximum atomic E-state index is 14.1. The molecule has 106 valence electrons. The van der Waals surface area contributed by atoms with Crippen molar-refractivity contribution in [2.75, 3.05) is 25.2 Å². The second kappa shape index (κ2) is 7.24. The minimum Gasteiger partial charge on any atom is -0.383 e. The highest BCUT2D eigenvalue weighted by Crippen LogP contribution is 2.27. The molecule has 0 saturated carbocycles. The van der Waals surface area contributed by atoms with E-state index in [1.165, 1.54) is 13.0 Å². The molecule has 1 aromatic rings. The number of halogens is 1. The lowest BCUT2D eigenvalue weighted by Crippen LogP contribution is -2.37. The number of anilines is 1. The molecular weight excluding hydrogens is 245 g/mol. The van der Waals surface area contributed by atoms with Gasteiger partial charge >= 0.3 is 0 Å². The van der Waals surface area contributed by atoms with E-state index in [0.29, 0.717) is 24.4 Å². The lowest BCUT2D eigenvalue weighted by Gasteiger charge is -2.32. The van der Waals surface area contributed by atoms with Crippen molar-refractivity contribution in [2.24, 2.45) is 0 Å². The Kier molecular flexibility index (Phi) is 5.96. The normalized spacial score (nSPS) is 12.3. The summed E-state index contributed by atoms with van der Waals surface area (Å²) in [6.45, 7) is 6.58. The molecular formula is C15H22FNO2. The number of Topliss-reactive ketones (excluding diaryl/α,β-unsaturated/α-hetero) is 1. The van der Waals surface area contributed by atoms with Crippen molar-refractivity contribution in [1.82, 2.24) is 0 Å². The lowest BCUT2D eigenvalue weighted by atomic mass is 10.1. The Hall–Kier alpha value is -1.42. The Bertz CT molecular complexity index is 434. The van der Waals surface area contributed by atoms with Gasteiger partial charge in [-0.05, 0) is 32.4 Å². The van der Waals surface area contributed by atoms with Gasteiger partial charge in [0.2, 0.25) is 0 Å². The fraction of sp³-hybridized carbons (Fsp3) is 0.533. The number of rotatable bonds is 7. The molecule has 0 radical (unpaired) electrons. The van der Waals surface area contributed by atoms with E-state index in [9.17, 15) is 9.18 Å². The van der Waals surface area contributed by atoms with Gasteiger partial charge in [-0.1, -0.05) is 13.0 Å². The number of methoxy groups -OCH3 is 1. The number of ether oxygens (including phenoxy) is 1. The molecule has 1 atom stereocenters. The third-order valence-corrected chi connectivity index (χ3v) is 3.31. The highest BCUT2D eigenvalue weighted by atomic mass is 19.1. The van der Waals surface area contributed by atoms with Gasteiger partial charge in [0, 0.05) is 25.3 Å². The van der Waals surface area contributed by atoms with Crippen LogP contribution < -0.4 is 4.90 Å². The van der Waals surface area contributed by atoms with Crippen LogP contribution in [0.1, 0.15) is 37.6 Å². The standard InChI is InChI=1S/C15H22FNO2/c1-5-11(2)17(9-10-19-4)15-13(12(3)18)7-6-8-14(15)16/h6-8,11H,5,9-10H2,1-4H3.